The lowest BCUT2D eigenvalue weighted by molar-refractivity contribution is -0.119. The van der Waals surface area contributed by atoms with Crippen molar-refractivity contribution in [3.63, 3.8) is 0 Å². The Morgan fingerprint density at radius 2 is 1.65 bits per heavy atom. The third-order valence-corrected chi connectivity index (χ3v) is 8.98. The standard InChI is InChI=1S/C24H15BrCl3F7N2O2S/c25-12-7-11(8-13(9-12)40(31,32,33,34)35)19-20(24(19,27)28)18(38)6-10-1-2-15(26)14(5-10)23(39)37-17-4-3-16(29)22(36)21(17)30/h1-5,7-9,19-20H,6,36H2,(H,37,39). The van der Waals surface area contributed by atoms with Crippen LogP contribution in [0.4, 0.5) is 39.6 Å². The van der Waals surface area contributed by atoms with E-state index >= 15 is 0 Å². The first-order valence-electron chi connectivity index (χ1n) is 10.9. The quantitative estimate of drug-likeness (QED) is 0.146. The molecule has 1 aliphatic carbocycles. The van der Waals surface area contributed by atoms with E-state index in [1.807, 2.05) is 0 Å². The van der Waals surface area contributed by atoms with Crippen LogP contribution >= 0.6 is 61.0 Å². The van der Waals surface area contributed by atoms with Crippen molar-refractivity contribution < 1.29 is 37.8 Å². The molecule has 1 fully saturated rings. The summed E-state index contributed by atoms with van der Waals surface area (Å²) in [5, 5.41) is 2.11. The van der Waals surface area contributed by atoms with Crippen LogP contribution in [0.5, 0.6) is 0 Å². The van der Waals surface area contributed by atoms with Crippen LogP contribution < -0.4 is 11.1 Å². The van der Waals surface area contributed by atoms with Gasteiger partial charge in [-0.1, -0.05) is 53.0 Å². The molecule has 16 heteroatoms. The number of carbonyl (C=O) groups excluding carboxylic acids is 2. The van der Waals surface area contributed by atoms with Crippen molar-refractivity contribution in [1.82, 2.24) is 0 Å². The van der Waals surface area contributed by atoms with Crippen molar-refractivity contribution in [2.24, 2.45) is 5.92 Å². The highest BCUT2D eigenvalue weighted by molar-refractivity contribution is 9.10. The summed E-state index contributed by atoms with van der Waals surface area (Å²) in [4.78, 5) is 23.6. The van der Waals surface area contributed by atoms with E-state index in [1.165, 1.54) is 18.2 Å². The molecule has 3 aromatic carbocycles. The van der Waals surface area contributed by atoms with Gasteiger partial charge in [0.25, 0.3) is 5.91 Å². The lowest BCUT2D eigenvalue weighted by Gasteiger charge is -2.40. The highest BCUT2D eigenvalue weighted by Gasteiger charge is 2.69. The zero-order valence-electron chi connectivity index (χ0n) is 19.4. The molecule has 1 amide bonds. The van der Waals surface area contributed by atoms with Gasteiger partial charge in [0.2, 0.25) is 0 Å². The van der Waals surface area contributed by atoms with Crippen LogP contribution in [-0.2, 0) is 11.2 Å². The Morgan fingerprint density at radius 3 is 2.27 bits per heavy atom. The average molecular weight is 715 g/mol. The predicted molar refractivity (Wildman–Crippen MR) is 145 cm³/mol. The topological polar surface area (TPSA) is 72.2 Å². The molecule has 0 bridgehead atoms. The van der Waals surface area contributed by atoms with Gasteiger partial charge in [0.05, 0.1) is 22.2 Å². The van der Waals surface area contributed by atoms with Gasteiger partial charge < -0.3 is 11.1 Å². The number of carbonyl (C=O) groups is 2. The van der Waals surface area contributed by atoms with E-state index in [0.29, 0.717) is 0 Å². The Bertz CT molecular complexity index is 1590. The molecule has 216 valence electrons. The Hall–Kier alpha value is -2.19. The number of hydrogen-bond donors (Lipinski definition) is 2. The number of alkyl halides is 2. The smallest absolute Gasteiger partial charge is 0.310 e. The van der Waals surface area contributed by atoms with Crippen LogP contribution in [0.3, 0.4) is 0 Å². The number of Topliss-reactive ketones (excluding diaryl/α,β-unsaturated/α-hetero) is 1. The molecule has 0 aromatic heterocycles. The van der Waals surface area contributed by atoms with Crippen molar-refractivity contribution in [3.05, 3.63) is 86.4 Å². The van der Waals surface area contributed by atoms with Crippen LogP contribution in [0.25, 0.3) is 0 Å². The monoisotopic (exact) mass is 712 g/mol. The minimum Gasteiger partial charge on any atom is -0.394 e. The SMILES string of the molecule is Nc1c(F)ccc(NC(=O)c2cc(CC(=O)C3C(c4cc(Br)cc(S(F)(F)(F)(F)F)c4)C3(Cl)Cl)ccc2Cl)c1F. The normalized spacial score (nSPS) is 19.9. The number of halogens is 11. The Morgan fingerprint density at radius 1 is 1.00 bits per heavy atom. The molecule has 0 radical (unpaired) electrons. The fraction of sp³-hybridized carbons (Fsp3) is 0.167. The molecule has 4 nitrogen and oxygen atoms in total. The Kier molecular flexibility index (Phi) is 7.24. The highest BCUT2D eigenvalue weighted by atomic mass is 79.9. The molecule has 4 rings (SSSR count). The number of hydrogen-bond acceptors (Lipinski definition) is 3. The molecule has 3 N–H and O–H groups in total. The van der Waals surface area contributed by atoms with Crippen LogP contribution in [0.1, 0.15) is 27.4 Å². The van der Waals surface area contributed by atoms with Gasteiger partial charge >= 0.3 is 10.2 Å². The average Bonchev–Trinajstić information content (AvgIpc) is 3.40. The number of nitrogens with one attached hydrogen (secondary N) is 1. The van der Waals surface area contributed by atoms with E-state index in [-0.39, 0.29) is 38.3 Å². The van der Waals surface area contributed by atoms with Gasteiger partial charge in [-0.05, 0) is 53.6 Å². The van der Waals surface area contributed by atoms with E-state index in [9.17, 15) is 37.8 Å². The second-order valence-electron chi connectivity index (χ2n) is 9.05. The molecule has 40 heavy (non-hydrogen) atoms. The molecule has 2 atom stereocenters. The summed E-state index contributed by atoms with van der Waals surface area (Å²) in [6, 6.07) is 7.17. The van der Waals surface area contributed by atoms with Crippen molar-refractivity contribution in [2.75, 3.05) is 11.1 Å². The van der Waals surface area contributed by atoms with Crippen molar-refractivity contribution in [2.45, 2.75) is 21.6 Å². The van der Waals surface area contributed by atoms with Crippen LogP contribution in [0, 0.1) is 17.6 Å². The molecule has 3 aromatic rings. The van der Waals surface area contributed by atoms with E-state index in [4.69, 9.17) is 40.5 Å². The highest BCUT2D eigenvalue weighted by Crippen LogP contribution is 3.02. The maximum Gasteiger partial charge on any atom is 0.310 e. The van der Waals surface area contributed by atoms with Gasteiger partial charge in [-0.3, -0.25) is 9.59 Å². The van der Waals surface area contributed by atoms with Crippen molar-refractivity contribution in [3.8, 4) is 0 Å². The van der Waals surface area contributed by atoms with Gasteiger partial charge in [0.1, 0.15) is 26.5 Å². The second kappa shape index (κ2) is 9.41. The van der Waals surface area contributed by atoms with Crippen molar-refractivity contribution in [1.29, 1.82) is 0 Å². The molecule has 0 saturated heterocycles. The number of rotatable bonds is 7. The number of ketones is 1. The molecule has 1 saturated carbocycles. The molecule has 1 aliphatic rings. The molecule has 0 heterocycles. The molecular weight excluding hydrogens is 700 g/mol. The van der Waals surface area contributed by atoms with Crippen molar-refractivity contribution >= 4 is 84.0 Å². The third-order valence-electron chi connectivity index (χ3n) is 6.13. The van der Waals surface area contributed by atoms with E-state index in [1.54, 1.807) is 0 Å². The summed E-state index contributed by atoms with van der Waals surface area (Å²) in [6.45, 7) is 0. The zero-order chi connectivity index (χ0) is 30.1. The Balaban J connectivity index is 1.57. The summed E-state index contributed by atoms with van der Waals surface area (Å²) in [7, 11) is -10.1. The number of benzene rings is 3. The zero-order valence-corrected chi connectivity index (χ0v) is 24.1. The number of amides is 1. The molecule has 2 unspecified atom stereocenters. The fourth-order valence-electron chi connectivity index (χ4n) is 4.15. The van der Waals surface area contributed by atoms with E-state index in [0.717, 1.165) is 18.2 Å². The lowest BCUT2D eigenvalue weighted by Crippen LogP contribution is -2.16. The molecule has 0 spiro atoms. The first-order chi connectivity index (χ1) is 18.1. The minimum atomic E-state index is -10.1. The van der Waals surface area contributed by atoms with Gasteiger partial charge in [0, 0.05) is 16.8 Å². The maximum atomic E-state index is 14.2. The van der Waals surface area contributed by atoms with Crippen LogP contribution in [0.2, 0.25) is 5.02 Å². The second-order valence-corrected chi connectivity index (χ2v) is 14.2. The first-order valence-corrected chi connectivity index (χ1v) is 14.8. The summed E-state index contributed by atoms with van der Waals surface area (Å²) >= 11 is 21.3. The third kappa shape index (κ3) is 6.18. The summed E-state index contributed by atoms with van der Waals surface area (Å²) in [5.74, 6) is -6.32. The number of anilines is 2. The summed E-state index contributed by atoms with van der Waals surface area (Å²) in [6.07, 6.45) is -0.417. The fourth-order valence-corrected chi connectivity index (χ4v) is 6.60. The predicted octanol–water partition coefficient (Wildman–Crippen LogP) is 9.57. The maximum absolute atomic E-state index is 14.2. The number of nitrogen functional groups attached to an aromatic ring is 1. The lowest BCUT2D eigenvalue weighted by atomic mass is 10.0. The molecular formula is C24H15BrCl3F7N2O2S. The number of nitrogens with two attached hydrogens (primary N) is 1. The van der Waals surface area contributed by atoms with Gasteiger partial charge in [-0.2, -0.15) is 0 Å². The first kappa shape index (κ1) is 30.8. The minimum absolute atomic E-state index is 0.0878. The van der Waals surface area contributed by atoms with Gasteiger partial charge in [-0.15, -0.1) is 23.2 Å². The van der Waals surface area contributed by atoms with Gasteiger partial charge in [-0.25, -0.2) is 8.78 Å². The largest absolute Gasteiger partial charge is 0.394 e. The summed E-state index contributed by atoms with van der Waals surface area (Å²) < 4.78 is 92.5. The van der Waals surface area contributed by atoms with Crippen LogP contribution in [0.15, 0.2) is 57.9 Å². The van der Waals surface area contributed by atoms with Crippen LogP contribution in [-0.4, -0.2) is 16.0 Å². The van der Waals surface area contributed by atoms with E-state index in [2.05, 4.69) is 21.2 Å². The van der Waals surface area contributed by atoms with Gasteiger partial charge in [0.15, 0.2) is 5.82 Å². The summed E-state index contributed by atoms with van der Waals surface area (Å²) in [5.41, 5.74) is 3.72. The van der Waals surface area contributed by atoms with E-state index < -0.39 is 72.4 Å². The Labute approximate surface area is 245 Å². The molecule has 0 aliphatic heterocycles.